The van der Waals surface area contributed by atoms with E-state index in [1.54, 1.807) is 43.5 Å². The van der Waals surface area contributed by atoms with Gasteiger partial charge in [0, 0.05) is 5.69 Å². The van der Waals surface area contributed by atoms with Crippen LogP contribution in [0, 0.1) is 11.3 Å². The first kappa shape index (κ1) is 18.6. The molecule has 2 rings (SSSR count). The van der Waals surface area contributed by atoms with Crippen molar-refractivity contribution < 1.29 is 14.3 Å². The second kappa shape index (κ2) is 8.90. The van der Waals surface area contributed by atoms with Gasteiger partial charge in [-0.05, 0) is 58.8 Å². The summed E-state index contributed by atoms with van der Waals surface area (Å²) in [5.41, 5.74) is 1.26. The molecule has 0 aromatic heterocycles. The standard InChI is InChI=1S/C19H17BrN2O3/c1-3-25-17-11-13(10-16(20)18(17)24-2)9-14(12-21)19(23)22-15-7-5-4-6-8-15/h4-11H,3H2,1-2H3,(H,22,23)/b14-9-. The van der Waals surface area contributed by atoms with Gasteiger partial charge < -0.3 is 14.8 Å². The fraction of sp³-hybridized carbons (Fsp3) is 0.158. The lowest BCUT2D eigenvalue weighted by Gasteiger charge is -2.12. The molecule has 0 unspecified atom stereocenters. The number of rotatable bonds is 6. The molecule has 25 heavy (non-hydrogen) atoms. The summed E-state index contributed by atoms with van der Waals surface area (Å²) >= 11 is 3.41. The van der Waals surface area contributed by atoms with E-state index in [2.05, 4.69) is 21.2 Å². The lowest BCUT2D eigenvalue weighted by Crippen LogP contribution is -2.13. The maximum Gasteiger partial charge on any atom is 0.266 e. The van der Waals surface area contributed by atoms with Crippen molar-refractivity contribution >= 4 is 33.6 Å². The molecule has 0 fully saturated rings. The van der Waals surface area contributed by atoms with E-state index >= 15 is 0 Å². The number of hydrogen-bond acceptors (Lipinski definition) is 4. The molecule has 6 heteroatoms. The van der Waals surface area contributed by atoms with Gasteiger partial charge in [-0.1, -0.05) is 18.2 Å². The van der Waals surface area contributed by atoms with E-state index in [1.165, 1.54) is 6.08 Å². The fourth-order valence-electron chi connectivity index (χ4n) is 2.17. The van der Waals surface area contributed by atoms with Gasteiger partial charge in [-0.2, -0.15) is 5.26 Å². The lowest BCUT2D eigenvalue weighted by atomic mass is 10.1. The van der Waals surface area contributed by atoms with Crippen molar-refractivity contribution in [2.45, 2.75) is 6.92 Å². The van der Waals surface area contributed by atoms with Crippen LogP contribution in [0.4, 0.5) is 5.69 Å². The molecule has 2 aromatic carbocycles. The van der Waals surface area contributed by atoms with Crippen LogP contribution >= 0.6 is 15.9 Å². The molecule has 0 heterocycles. The molecule has 0 saturated carbocycles. The number of ether oxygens (including phenoxy) is 2. The summed E-state index contributed by atoms with van der Waals surface area (Å²) in [4.78, 5) is 12.3. The molecular formula is C19H17BrN2O3. The average Bonchev–Trinajstić information content (AvgIpc) is 2.60. The summed E-state index contributed by atoms with van der Waals surface area (Å²) in [6.45, 7) is 2.33. The third kappa shape index (κ3) is 4.85. The summed E-state index contributed by atoms with van der Waals surface area (Å²) in [6, 6.07) is 14.4. The molecule has 1 amide bonds. The van der Waals surface area contributed by atoms with Crippen LogP contribution in [-0.4, -0.2) is 19.6 Å². The van der Waals surface area contributed by atoms with Crippen molar-refractivity contribution in [1.82, 2.24) is 0 Å². The van der Waals surface area contributed by atoms with E-state index in [4.69, 9.17) is 9.47 Å². The molecule has 1 N–H and O–H groups in total. The Hall–Kier alpha value is -2.78. The van der Waals surface area contributed by atoms with Gasteiger partial charge in [-0.25, -0.2) is 0 Å². The number of benzene rings is 2. The van der Waals surface area contributed by atoms with Crippen LogP contribution in [0.15, 0.2) is 52.5 Å². The maximum atomic E-state index is 12.3. The van der Waals surface area contributed by atoms with Crippen LogP contribution in [0.25, 0.3) is 6.08 Å². The Kier molecular flexibility index (Phi) is 6.61. The highest BCUT2D eigenvalue weighted by Crippen LogP contribution is 2.37. The maximum absolute atomic E-state index is 12.3. The second-order valence-electron chi connectivity index (χ2n) is 4.96. The van der Waals surface area contributed by atoms with Gasteiger partial charge in [0.05, 0.1) is 18.2 Å². The van der Waals surface area contributed by atoms with Crippen molar-refractivity contribution in [1.29, 1.82) is 5.26 Å². The summed E-state index contributed by atoms with van der Waals surface area (Å²) in [7, 11) is 1.55. The van der Waals surface area contributed by atoms with Gasteiger partial charge in [0.2, 0.25) is 0 Å². The molecular weight excluding hydrogens is 384 g/mol. The number of carbonyl (C=O) groups is 1. The normalized spacial score (nSPS) is 10.7. The minimum absolute atomic E-state index is 0.0108. The van der Waals surface area contributed by atoms with Crippen LogP contribution in [0.5, 0.6) is 11.5 Å². The number of amides is 1. The van der Waals surface area contributed by atoms with E-state index in [0.717, 1.165) is 0 Å². The number of halogens is 1. The van der Waals surface area contributed by atoms with Gasteiger partial charge in [0.25, 0.3) is 5.91 Å². The molecule has 2 aromatic rings. The van der Waals surface area contributed by atoms with E-state index in [-0.39, 0.29) is 5.57 Å². The van der Waals surface area contributed by atoms with Gasteiger partial charge in [0.1, 0.15) is 11.6 Å². The predicted octanol–water partition coefficient (Wildman–Crippen LogP) is 4.40. The number of anilines is 1. The number of methoxy groups -OCH3 is 1. The van der Waals surface area contributed by atoms with Crippen molar-refractivity contribution in [3.63, 3.8) is 0 Å². The van der Waals surface area contributed by atoms with E-state index < -0.39 is 5.91 Å². The van der Waals surface area contributed by atoms with Gasteiger partial charge in [-0.3, -0.25) is 4.79 Å². The van der Waals surface area contributed by atoms with Crippen molar-refractivity contribution in [2.75, 3.05) is 19.0 Å². The number of nitriles is 1. The average molecular weight is 401 g/mol. The van der Waals surface area contributed by atoms with Crippen LogP contribution in [-0.2, 0) is 4.79 Å². The predicted molar refractivity (Wildman–Crippen MR) is 101 cm³/mol. The topological polar surface area (TPSA) is 71.3 Å². The zero-order chi connectivity index (χ0) is 18.2. The Morgan fingerprint density at radius 3 is 2.64 bits per heavy atom. The lowest BCUT2D eigenvalue weighted by molar-refractivity contribution is -0.112. The Balaban J connectivity index is 2.32. The van der Waals surface area contributed by atoms with Crippen molar-refractivity contribution in [2.24, 2.45) is 0 Å². The van der Waals surface area contributed by atoms with Crippen molar-refractivity contribution in [3.8, 4) is 17.6 Å². The third-order valence-corrected chi connectivity index (χ3v) is 3.83. The molecule has 0 spiro atoms. The summed E-state index contributed by atoms with van der Waals surface area (Å²) in [6.07, 6.45) is 1.50. The smallest absolute Gasteiger partial charge is 0.266 e. The minimum atomic E-state index is -0.474. The molecule has 5 nitrogen and oxygen atoms in total. The zero-order valence-corrected chi connectivity index (χ0v) is 15.5. The van der Waals surface area contributed by atoms with E-state index in [9.17, 15) is 10.1 Å². The SMILES string of the molecule is CCOc1cc(/C=C(/C#N)C(=O)Nc2ccccc2)cc(Br)c1OC. The van der Waals surface area contributed by atoms with Gasteiger partial charge in [0.15, 0.2) is 11.5 Å². The minimum Gasteiger partial charge on any atom is -0.492 e. The molecule has 0 radical (unpaired) electrons. The summed E-state index contributed by atoms with van der Waals surface area (Å²) in [5, 5.41) is 12.0. The molecule has 128 valence electrons. The highest BCUT2D eigenvalue weighted by Gasteiger charge is 2.13. The molecule has 0 aliphatic heterocycles. The molecule has 0 bridgehead atoms. The quantitative estimate of drug-likeness (QED) is 0.575. The monoisotopic (exact) mass is 400 g/mol. The first-order chi connectivity index (χ1) is 12.1. The highest BCUT2D eigenvalue weighted by atomic mass is 79.9. The summed E-state index contributed by atoms with van der Waals surface area (Å²) in [5.74, 6) is 0.622. The molecule has 0 aliphatic carbocycles. The molecule has 0 atom stereocenters. The number of carbonyl (C=O) groups excluding carboxylic acids is 1. The largest absolute Gasteiger partial charge is 0.492 e. The number of para-hydroxylation sites is 1. The van der Waals surface area contributed by atoms with Gasteiger partial charge in [-0.15, -0.1) is 0 Å². The first-order valence-corrected chi connectivity index (χ1v) is 8.36. The second-order valence-corrected chi connectivity index (χ2v) is 5.81. The number of hydrogen-bond donors (Lipinski definition) is 1. The zero-order valence-electron chi connectivity index (χ0n) is 13.9. The number of nitrogens with one attached hydrogen (secondary N) is 1. The van der Waals surface area contributed by atoms with Crippen molar-refractivity contribution in [3.05, 3.63) is 58.1 Å². The third-order valence-electron chi connectivity index (χ3n) is 3.24. The Labute approximate surface area is 155 Å². The van der Waals surface area contributed by atoms with Crippen LogP contribution in [0.2, 0.25) is 0 Å². The van der Waals surface area contributed by atoms with Gasteiger partial charge >= 0.3 is 0 Å². The van der Waals surface area contributed by atoms with Crippen LogP contribution < -0.4 is 14.8 Å². The van der Waals surface area contributed by atoms with E-state index in [0.29, 0.717) is 33.8 Å². The van der Waals surface area contributed by atoms with Crippen LogP contribution in [0.3, 0.4) is 0 Å². The fourth-order valence-corrected chi connectivity index (χ4v) is 2.79. The Morgan fingerprint density at radius 2 is 2.04 bits per heavy atom. The molecule has 0 saturated heterocycles. The summed E-state index contributed by atoms with van der Waals surface area (Å²) < 4.78 is 11.5. The van der Waals surface area contributed by atoms with Crippen LogP contribution in [0.1, 0.15) is 12.5 Å². The van der Waals surface area contributed by atoms with E-state index in [1.807, 2.05) is 19.1 Å². The highest BCUT2D eigenvalue weighted by molar-refractivity contribution is 9.10. The molecule has 0 aliphatic rings. The number of nitrogens with zero attached hydrogens (tertiary/aromatic N) is 1. The Bertz CT molecular complexity index is 827. The Morgan fingerprint density at radius 1 is 1.32 bits per heavy atom. The first-order valence-electron chi connectivity index (χ1n) is 7.57.